The minimum absolute atomic E-state index is 0.0816. The molecule has 3 aromatic rings. The van der Waals surface area contributed by atoms with Gasteiger partial charge < -0.3 is 10.1 Å². The number of benzene rings is 2. The van der Waals surface area contributed by atoms with Gasteiger partial charge in [0.2, 0.25) is 0 Å². The fraction of sp³-hybridized carbons (Fsp3) is 0.190. The molecule has 0 saturated carbocycles. The van der Waals surface area contributed by atoms with Crippen molar-refractivity contribution in [3.05, 3.63) is 70.7 Å². The second-order valence-electron chi connectivity index (χ2n) is 6.20. The summed E-state index contributed by atoms with van der Waals surface area (Å²) in [5, 5.41) is 4.77. The molecule has 0 spiro atoms. The topological polar surface area (TPSA) is 68.3 Å². The Morgan fingerprint density at radius 2 is 1.90 bits per heavy atom. The molecule has 0 atom stereocenters. The minimum Gasteiger partial charge on any atom is -0.455 e. The standard InChI is InChI=1S/C21H18F2N2O3S/c1-2-13-3-5-14(6-4-13)21-24-16(12-29-21)10-20(27)28-11-19(26)25-18-8-7-15(22)9-17(18)23/h3-9,12H,2,10-11H2,1H3,(H,25,26). The Hall–Kier alpha value is -3.13. The molecule has 29 heavy (non-hydrogen) atoms. The maximum absolute atomic E-state index is 13.5. The number of aryl methyl sites for hydroxylation is 1. The molecular formula is C21H18F2N2O3S. The van der Waals surface area contributed by atoms with Gasteiger partial charge in [0.15, 0.2) is 6.61 Å². The predicted octanol–water partition coefficient (Wildman–Crippen LogP) is 4.38. The summed E-state index contributed by atoms with van der Waals surface area (Å²) in [6.07, 6.45) is 0.873. The lowest BCUT2D eigenvalue weighted by atomic mass is 10.1. The van der Waals surface area contributed by atoms with Crippen LogP contribution in [0.2, 0.25) is 0 Å². The summed E-state index contributed by atoms with van der Waals surface area (Å²) in [5.74, 6) is -3.01. The van der Waals surface area contributed by atoms with Crippen LogP contribution in [-0.4, -0.2) is 23.5 Å². The van der Waals surface area contributed by atoms with Crippen LogP contribution < -0.4 is 5.32 Å². The smallest absolute Gasteiger partial charge is 0.312 e. The van der Waals surface area contributed by atoms with Crippen molar-refractivity contribution < 1.29 is 23.1 Å². The van der Waals surface area contributed by atoms with Gasteiger partial charge in [0.25, 0.3) is 5.91 Å². The molecule has 2 aromatic carbocycles. The Morgan fingerprint density at radius 3 is 2.59 bits per heavy atom. The number of esters is 1. The number of nitrogens with zero attached hydrogens (tertiary/aromatic N) is 1. The van der Waals surface area contributed by atoms with Gasteiger partial charge in [-0.25, -0.2) is 13.8 Å². The summed E-state index contributed by atoms with van der Waals surface area (Å²) in [4.78, 5) is 28.2. The number of carbonyl (C=O) groups is 2. The molecule has 0 unspecified atom stereocenters. The number of aromatic nitrogens is 1. The third kappa shape index (κ3) is 5.68. The lowest BCUT2D eigenvalue weighted by molar-refractivity contribution is -0.146. The van der Waals surface area contributed by atoms with E-state index in [1.54, 1.807) is 5.38 Å². The average molecular weight is 416 g/mol. The highest BCUT2D eigenvalue weighted by atomic mass is 32.1. The summed E-state index contributed by atoms with van der Waals surface area (Å²) < 4.78 is 31.3. The summed E-state index contributed by atoms with van der Waals surface area (Å²) in [7, 11) is 0. The van der Waals surface area contributed by atoms with Gasteiger partial charge in [0.1, 0.15) is 16.6 Å². The second-order valence-corrected chi connectivity index (χ2v) is 7.06. The zero-order valence-corrected chi connectivity index (χ0v) is 16.4. The summed E-state index contributed by atoms with van der Waals surface area (Å²) >= 11 is 1.42. The van der Waals surface area contributed by atoms with E-state index in [-0.39, 0.29) is 12.1 Å². The van der Waals surface area contributed by atoms with E-state index in [4.69, 9.17) is 4.74 Å². The molecule has 1 aromatic heterocycles. The van der Waals surface area contributed by atoms with E-state index in [9.17, 15) is 18.4 Å². The fourth-order valence-corrected chi connectivity index (χ4v) is 3.35. The number of thiazole rings is 1. The number of rotatable bonds is 7. The van der Waals surface area contributed by atoms with E-state index in [0.29, 0.717) is 11.8 Å². The van der Waals surface area contributed by atoms with Crippen LogP contribution in [0.25, 0.3) is 10.6 Å². The molecular weight excluding hydrogens is 398 g/mol. The Morgan fingerprint density at radius 1 is 1.14 bits per heavy atom. The van der Waals surface area contributed by atoms with Gasteiger partial charge in [0, 0.05) is 17.0 Å². The van der Waals surface area contributed by atoms with Gasteiger partial charge >= 0.3 is 5.97 Å². The minimum atomic E-state index is -0.911. The molecule has 0 aliphatic carbocycles. The number of hydrogen-bond acceptors (Lipinski definition) is 5. The van der Waals surface area contributed by atoms with Crippen molar-refractivity contribution in [3.63, 3.8) is 0 Å². The zero-order chi connectivity index (χ0) is 20.8. The van der Waals surface area contributed by atoms with Gasteiger partial charge in [0.05, 0.1) is 17.8 Å². The molecule has 150 valence electrons. The first-order valence-corrected chi connectivity index (χ1v) is 9.77. The largest absolute Gasteiger partial charge is 0.455 e. The number of halogens is 2. The van der Waals surface area contributed by atoms with Crippen LogP contribution in [0.5, 0.6) is 0 Å². The first-order valence-electron chi connectivity index (χ1n) is 8.89. The molecule has 0 radical (unpaired) electrons. The van der Waals surface area contributed by atoms with Crippen LogP contribution in [0.15, 0.2) is 47.8 Å². The van der Waals surface area contributed by atoms with Gasteiger partial charge in [-0.1, -0.05) is 31.2 Å². The summed E-state index contributed by atoms with van der Waals surface area (Å²) in [6, 6.07) is 10.8. The highest BCUT2D eigenvalue weighted by Gasteiger charge is 2.13. The van der Waals surface area contributed by atoms with Crippen molar-refractivity contribution in [3.8, 4) is 10.6 Å². The van der Waals surface area contributed by atoms with Crippen molar-refractivity contribution in [1.29, 1.82) is 0 Å². The van der Waals surface area contributed by atoms with E-state index in [1.165, 1.54) is 16.9 Å². The SMILES string of the molecule is CCc1ccc(-c2nc(CC(=O)OCC(=O)Nc3ccc(F)cc3F)cs2)cc1. The molecule has 1 heterocycles. The van der Waals surface area contributed by atoms with Crippen LogP contribution in [0.1, 0.15) is 18.2 Å². The number of ether oxygens (including phenoxy) is 1. The maximum Gasteiger partial charge on any atom is 0.312 e. The number of hydrogen-bond donors (Lipinski definition) is 1. The Labute approximate surface area is 170 Å². The van der Waals surface area contributed by atoms with E-state index < -0.39 is 30.1 Å². The van der Waals surface area contributed by atoms with E-state index in [1.807, 2.05) is 24.3 Å². The first-order chi connectivity index (χ1) is 13.9. The molecule has 0 fully saturated rings. The van der Waals surface area contributed by atoms with Crippen molar-refractivity contribution in [1.82, 2.24) is 4.98 Å². The third-order valence-corrected chi connectivity index (χ3v) is 5.00. The molecule has 3 rings (SSSR count). The van der Waals surface area contributed by atoms with E-state index in [2.05, 4.69) is 17.2 Å². The molecule has 0 bridgehead atoms. The number of anilines is 1. The summed E-state index contributed by atoms with van der Waals surface area (Å²) in [6.45, 7) is 1.50. The molecule has 1 amide bonds. The average Bonchev–Trinajstić information content (AvgIpc) is 3.17. The van der Waals surface area contributed by atoms with E-state index >= 15 is 0 Å². The van der Waals surface area contributed by atoms with E-state index in [0.717, 1.165) is 29.1 Å². The van der Waals surface area contributed by atoms with Gasteiger partial charge in [-0.2, -0.15) is 0 Å². The molecule has 8 heteroatoms. The quantitative estimate of drug-likeness (QED) is 0.581. The van der Waals surface area contributed by atoms with Gasteiger partial charge in [-0.05, 0) is 24.1 Å². The fourth-order valence-electron chi connectivity index (χ4n) is 2.53. The predicted molar refractivity (Wildman–Crippen MR) is 107 cm³/mol. The lowest BCUT2D eigenvalue weighted by Gasteiger charge is -2.07. The molecule has 0 aliphatic rings. The first kappa shape index (κ1) is 20.6. The number of carbonyl (C=O) groups excluding carboxylic acids is 2. The molecule has 0 aliphatic heterocycles. The monoisotopic (exact) mass is 416 g/mol. The van der Waals surface area contributed by atoms with Crippen LogP contribution >= 0.6 is 11.3 Å². The van der Waals surface area contributed by atoms with Crippen molar-refractivity contribution in [2.75, 3.05) is 11.9 Å². The van der Waals surface area contributed by atoms with Crippen LogP contribution in [0, 0.1) is 11.6 Å². The van der Waals surface area contributed by atoms with Crippen molar-refractivity contribution in [2.24, 2.45) is 0 Å². The Bertz CT molecular complexity index is 1020. The third-order valence-electron chi connectivity index (χ3n) is 4.06. The molecule has 1 N–H and O–H groups in total. The van der Waals surface area contributed by atoms with Crippen LogP contribution in [0.3, 0.4) is 0 Å². The maximum atomic E-state index is 13.5. The highest BCUT2D eigenvalue weighted by Crippen LogP contribution is 2.24. The van der Waals surface area contributed by atoms with Crippen molar-refractivity contribution in [2.45, 2.75) is 19.8 Å². The Kier molecular flexibility index (Phi) is 6.66. The molecule has 0 saturated heterocycles. The second kappa shape index (κ2) is 9.38. The lowest BCUT2D eigenvalue weighted by Crippen LogP contribution is -2.22. The zero-order valence-electron chi connectivity index (χ0n) is 15.6. The van der Waals surface area contributed by atoms with Gasteiger partial charge in [-0.15, -0.1) is 11.3 Å². The number of nitrogens with one attached hydrogen (secondary N) is 1. The Balaban J connectivity index is 1.50. The van der Waals surface area contributed by atoms with Crippen molar-refractivity contribution >= 4 is 28.9 Å². The molecule has 5 nitrogen and oxygen atoms in total. The summed E-state index contributed by atoms with van der Waals surface area (Å²) in [5.41, 5.74) is 2.55. The van der Waals surface area contributed by atoms with Crippen LogP contribution in [0.4, 0.5) is 14.5 Å². The highest BCUT2D eigenvalue weighted by molar-refractivity contribution is 7.13. The normalized spacial score (nSPS) is 10.6. The van der Waals surface area contributed by atoms with Gasteiger partial charge in [-0.3, -0.25) is 9.59 Å². The van der Waals surface area contributed by atoms with Crippen LogP contribution in [-0.2, 0) is 27.2 Å². The number of amides is 1.